The molecular formula is C13H19NO3. The standard InChI is InChI=1S/C13H19NO3/c1-9-4-5-11(16)10(8-9)12(17)14-13(2,3)6-7-15/h4-5,8,15-16H,6-7H2,1-3H3,(H,14,17). The van der Waals surface area contributed by atoms with Crippen LogP contribution in [-0.2, 0) is 0 Å². The first-order chi connectivity index (χ1) is 7.85. The van der Waals surface area contributed by atoms with E-state index in [1.54, 1.807) is 12.1 Å². The number of rotatable bonds is 4. The predicted molar refractivity (Wildman–Crippen MR) is 66.1 cm³/mol. The Morgan fingerprint density at radius 1 is 1.41 bits per heavy atom. The van der Waals surface area contributed by atoms with Gasteiger partial charge in [0.15, 0.2) is 0 Å². The predicted octanol–water partition coefficient (Wildman–Crippen LogP) is 1.59. The van der Waals surface area contributed by atoms with Crippen molar-refractivity contribution in [3.63, 3.8) is 0 Å². The lowest BCUT2D eigenvalue weighted by atomic mass is 10.00. The number of aliphatic hydroxyl groups excluding tert-OH is 1. The highest BCUT2D eigenvalue weighted by molar-refractivity contribution is 5.97. The summed E-state index contributed by atoms with van der Waals surface area (Å²) in [6, 6.07) is 4.88. The molecule has 0 saturated carbocycles. The van der Waals surface area contributed by atoms with Crippen LogP contribution in [0.1, 0.15) is 36.2 Å². The van der Waals surface area contributed by atoms with Gasteiger partial charge in [-0.1, -0.05) is 11.6 Å². The van der Waals surface area contributed by atoms with Gasteiger partial charge in [0.25, 0.3) is 5.91 Å². The number of hydrogen-bond acceptors (Lipinski definition) is 3. The van der Waals surface area contributed by atoms with Gasteiger partial charge in [-0.2, -0.15) is 0 Å². The Morgan fingerprint density at radius 2 is 2.06 bits per heavy atom. The van der Waals surface area contributed by atoms with Crippen molar-refractivity contribution in [2.24, 2.45) is 0 Å². The number of phenols is 1. The summed E-state index contributed by atoms with van der Waals surface area (Å²) in [7, 11) is 0. The van der Waals surface area contributed by atoms with Gasteiger partial charge in [0.2, 0.25) is 0 Å². The maximum absolute atomic E-state index is 12.0. The molecule has 0 heterocycles. The fourth-order valence-corrected chi connectivity index (χ4v) is 1.55. The second-order valence-corrected chi connectivity index (χ2v) is 4.83. The molecule has 1 aromatic carbocycles. The molecule has 0 unspecified atom stereocenters. The number of hydrogen-bond donors (Lipinski definition) is 3. The molecule has 0 aliphatic heterocycles. The molecule has 3 N–H and O–H groups in total. The number of nitrogens with one attached hydrogen (secondary N) is 1. The van der Waals surface area contributed by atoms with Gasteiger partial charge in [-0.15, -0.1) is 0 Å². The third kappa shape index (κ3) is 3.75. The van der Waals surface area contributed by atoms with Gasteiger partial charge in [-0.3, -0.25) is 4.79 Å². The second-order valence-electron chi connectivity index (χ2n) is 4.83. The molecule has 4 heteroatoms. The third-order valence-electron chi connectivity index (χ3n) is 2.59. The molecule has 0 aliphatic carbocycles. The van der Waals surface area contributed by atoms with E-state index in [-0.39, 0.29) is 23.8 Å². The Hall–Kier alpha value is -1.55. The van der Waals surface area contributed by atoms with E-state index < -0.39 is 5.54 Å². The van der Waals surface area contributed by atoms with Gasteiger partial charge in [0, 0.05) is 12.1 Å². The Balaban J connectivity index is 2.86. The molecule has 0 aromatic heterocycles. The van der Waals surface area contributed by atoms with Crippen LogP contribution in [-0.4, -0.2) is 28.3 Å². The van der Waals surface area contributed by atoms with Gasteiger partial charge >= 0.3 is 0 Å². The first-order valence-corrected chi connectivity index (χ1v) is 5.59. The van der Waals surface area contributed by atoms with Crippen molar-refractivity contribution < 1.29 is 15.0 Å². The van der Waals surface area contributed by atoms with Crippen LogP contribution in [0.3, 0.4) is 0 Å². The van der Waals surface area contributed by atoms with Crippen LogP contribution in [0.4, 0.5) is 0 Å². The van der Waals surface area contributed by atoms with Crippen molar-refractivity contribution in [3.8, 4) is 5.75 Å². The molecule has 0 atom stereocenters. The number of carbonyl (C=O) groups excluding carboxylic acids is 1. The van der Waals surface area contributed by atoms with Crippen LogP contribution in [0.2, 0.25) is 0 Å². The number of aliphatic hydroxyl groups is 1. The van der Waals surface area contributed by atoms with Gasteiger partial charge in [-0.25, -0.2) is 0 Å². The highest BCUT2D eigenvalue weighted by Crippen LogP contribution is 2.19. The zero-order valence-electron chi connectivity index (χ0n) is 10.4. The lowest BCUT2D eigenvalue weighted by Crippen LogP contribution is -2.44. The molecule has 1 rings (SSSR count). The van der Waals surface area contributed by atoms with E-state index in [0.29, 0.717) is 6.42 Å². The van der Waals surface area contributed by atoms with Gasteiger partial charge in [0.1, 0.15) is 5.75 Å². The molecule has 0 saturated heterocycles. The maximum atomic E-state index is 12.0. The van der Waals surface area contributed by atoms with E-state index in [1.807, 2.05) is 20.8 Å². The summed E-state index contributed by atoms with van der Waals surface area (Å²) < 4.78 is 0. The molecule has 1 amide bonds. The minimum atomic E-state index is -0.498. The van der Waals surface area contributed by atoms with Crippen LogP contribution >= 0.6 is 0 Å². The molecule has 94 valence electrons. The summed E-state index contributed by atoms with van der Waals surface area (Å²) in [5.74, 6) is -0.363. The normalized spacial score (nSPS) is 11.3. The molecule has 0 bridgehead atoms. The monoisotopic (exact) mass is 237 g/mol. The largest absolute Gasteiger partial charge is 0.507 e. The summed E-state index contributed by atoms with van der Waals surface area (Å²) >= 11 is 0. The van der Waals surface area contributed by atoms with Crippen molar-refractivity contribution >= 4 is 5.91 Å². The van der Waals surface area contributed by atoms with E-state index in [0.717, 1.165) is 5.56 Å². The van der Waals surface area contributed by atoms with Crippen molar-refractivity contribution in [1.82, 2.24) is 5.32 Å². The Kier molecular flexibility index (Phi) is 4.12. The average molecular weight is 237 g/mol. The molecular weight excluding hydrogens is 218 g/mol. The zero-order valence-corrected chi connectivity index (χ0v) is 10.4. The van der Waals surface area contributed by atoms with Crippen LogP contribution in [0.25, 0.3) is 0 Å². The fraction of sp³-hybridized carbons (Fsp3) is 0.462. The Labute approximate surface area is 101 Å². The van der Waals surface area contributed by atoms with E-state index in [2.05, 4.69) is 5.32 Å². The summed E-state index contributed by atoms with van der Waals surface area (Å²) in [5, 5.41) is 21.3. The molecule has 0 aliphatic rings. The molecule has 17 heavy (non-hydrogen) atoms. The van der Waals surface area contributed by atoms with Gasteiger partial charge in [-0.05, 0) is 39.3 Å². The first-order valence-electron chi connectivity index (χ1n) is 5.59. The van der Waals surface area contributed by atoms with Crippen molar-refractivity contribution in [2.75, 3.05) is 6.61 Å². The summed E-state index contributed by atoms with van der Waals surface area (Å²) in [5.41, 5.74) is 0.672. The highest BCUT2D eigenvalue weighted by Gasteiger charge is 2.22. The number of phenolic OH excluding ortho intramolecular Hbond substituents is 1. The van der Waals surface area contributed by atoms with Crippen LogP contribution in [0.5, 0.6) is 5.75 Å². The van der Waals surface area contributed by atoms with Crippen molar-refractivity contribution in [2.45, 2.75) is 32.7 Å². The molecule has 4 nitrogen and oxygen atoms in total. The lowest BCUT2D eigenvalue weighted by Gasteiger charge is -2.25. The number of amides is 1. The highest BCUT2D eigenvalue weighted by atomic mass is 16.3. The number of carbonyl (C=O) groups is 1. The van der Waals surface area contributed by atoms with E-state index in [1.165, 1.54) is 6.07 Å². The van der Waals surface area contributed by atoms with Crippen LogP contribution < -0.4 is 5.32 Å². The third-order valence-corrected chi connectivity index (χ3v) is 2.59. The molecule has 1 aromatic rings. The second kappa shape index (κ2) is 5.19. The number of aromatic hydroxyl groups is 1. The Morgan fingerprint density at radius 3 is 2.65 bits per heavy atom. The zero-order chi connectivity index (χ0) is 13.1. The van der Waals surface area contributed by atoms with E-state index >= 15 is 0 Å². The SMILES string of the molecule is Cc1ccc(O)c(C(=O)NC(C)(C)CCO)c1. The van der Waals surface area contributed by atoms with Crippen LogP contribution in [0, 0.1) is 6.92 Å². The quantitative estimate of drug-likeness (QED) is 0.744. The summed E-state index contributed by atoms with van der Waals surface area (Å²) in [6.45, 7) is 5.52. The van der Waals surface area contributed by atoms with Crippen molar-refractivity contribution in [3.05, 3.63) is 29.3 Å². The smallest absolute Gasteiger partial charge is 0.255 e. The van der Waals surface area contributed by atoms with E-state index in [9.17, 15) is 9.90 Å². The molecule has 0 radical (unpaired) electrons. The Bertz CT molecular complexity index is 413. The summed E-state index contributed by atoms with van der Waals surface area (Å²) in [4.78, 5) is 12.0. The fourth-order valence-electron chi connectivity index (χ4n) is 1.55. The van der Waals surface area contributed by atoms with Crippen molar-refractivity contribution in [1.29, 1.82) is 0 Å². The van der Waals surface area contributed by atoms with Gasteiger partial charge in [0.05, 0.1) is 5.56 Å². The molecule has 0 spiro atoms. The molecule has 0 fully saturated rings. The first kappa shape index (κ1) is 13.5. The number of benzene rings is 1. The van der Waals surface area contributed by atoms with Crippen LogP contribution in [0.15, 0.2) is 18.2 Å². The minimum Gasteiger partial charge on any atom is -0.507 e. The maximum Gasteiger partial charge on any atom is 0.255 e. The number of aryl methyl sites for hydroxylation is 1. The van der Waals surface area contributed by atoms with Gasteiger partial charge < -0.3 is 15.5 Å². The van der Waals surface area contributed by atoms with E-state index in [4.69, 9.17) is 5.11 Å². The minimum absolute atomic E-state index is 0.00702. The topological polar surface area (TPSA) is 69.6 Å². The lowest BCUT2D eigenvalue weighted by molar-refractivity contribution is 0.0897. The average Bonchev–Trinajstić information content (AvgIpc) is 2.20. The summed E-state index contributed by atoms with van der Waals surface area (Å²) in [6.07, 6.45) is 0.464.